The molecule has 0 heterocycles. The maximum Gasteiger partial charge on any atom is 0.441 e. The van der Waals surface area contributed by atoms with E-state index >= 15 is 0 Å². The number of carbonyl (C=O) groups excluding carboxylic acids is 3. The third kappa shape index (κ3) is 7.22. The van der Waals surface area contributed by atoms with Crippen LogP contribution in [-0.4, -0.2) is 61.6 Å². The molecule has 0 aliphatic rings. The van der Waals surface area contributed by atoms with Gasteiger partial charge < -0.3 is 15.4 Å². The Balaban J connectivity index is 4.20. The molecule has 9 nitrogen and oxygen atoms in total. The summed E-state index contributed by atoms with van der Waals surface area (Å²) in [6.07, 6.45) is 0.692. The van der Waals surface area contributed by atoms with Gasteiger partial charge in [0.1, 0.15) is 0 Å². The molecule has 0 spiro atoms. The van der Waals surface area contributed by atoms with Crippen LogP contribution in [0.3, 0.4) is 0 Å². The monoisotopic (exact) mass is 438 g/mol. The van der Waals surface area contributed by atoms with Crippen LogP contribution in [-0.2, 0) is 29.2 Å². The van der Waals surface area contributed by atoms with E-state index in [1.54, 1.807) is 13.8 Å². The molecular weight excluding hydrogens is 416 g/mol. The first-order chi connectivity index (χ1) is 12.7. The highest BCUT2D eigenvalue weighted by Gasteiger charge is 2.70. The van der Waals surface area contributed by atoms with Crippen molar-refractivity contribution in [3.05, 3.63) is 0 Å². The first-order valence-corrected chi connectivity index (χ1v) is 9.56. The highest BCUT2D eigenvalue weighted by molar-refractivity contribution is 7.87. The van der Waals surface area contributed by atoms with E-state index in [9.17, 15) is 40.4 Å². The Morgan fingerprint density at radius 1 is 1.11 bits per heavy atom. The molecular formula is C14H22F4N2O7S. The molecule has 0 fully saturated rings. The van der Waals surface area contributed by atoms with Crippen molar-refractivity contribution >= 4 is 27.9 Å². The Labute approximate surface area is 158 Å². The van der Waals surface area contributed by atoms with Crippen molar-refractivity contribution in [3.63, 3.8) is 0 Å². The summed E-state index contributed by atoms with van der Waals surface area (Å²) in [5, 5.41) is -2.50. The number of nitrogens with one attached hydrogen (secondary N) is 2. The maximum atomic E-state index is 13.2. The maximum absolute atomic E-state index is 13.2. The third-order valence-electron chi connectivity index (χ3n) is 3.51. The number of hydrogen-bond acceptors (Lipinski definition) is 6. The van der Waals surface area contributed by atoms with Crippen molar-refractivity contribution in [3.8, 4) is 0 Å². The molecule has 0 aromatic heterocycles. The Morgan fingerprint density at radius 3 is 2.14 bits per heavy atom. The van der Waals surface area contributed by atoms with Gasteiger partial charge in [0.25, 0.3) is 5.91 Å². The Morgan fingerprint density at radius 2 is 1.64 bits per heavy atom. The Bertz CT molecular complexity index is 671. The molecule has 14 heteroatoms. The van der Waals surface area contributed by atoms with Gasteiger partial charge >= 0.3 is 27.3 Å². The second kappa shape index (κ2) is 10.5. The average Bonchev–Trinajstić information content (AvgIpc) is 2.59. The number of halogens is 4. The molecule has 0 radical (unpaired) electrons. The minimum atomic E-state index is -6.53. The first-order valence-electron chi connectivity index (χ1n) is 8.12. The third-order valence-corrected chi connectivity index (χ3v) is 4.42. The second-order valence-corrected chi connectivity index (χ2v) is 7.22. The number of amides is 2. The van der Waals surface area contributed by atoms with Gasteiger partial charge in [-0.15, -0.1) is 0 Å². The smallest absolute Gasteiger partial charge is 0.441 e. The molecule has 3 N–H and O–H groups in total. The number of alkyl halides is 4. The summed E-state index contributed by atoms with van der Waals surface area (Å²) >= 11 is 0. The summed E-state index contributed by atoms with van der Waals surface area (Å²) in [6, 6.07) is 0. The normalized spacial score (nSPS) is 13.5. The van der Waals surface area contributed by atoms with Gasteiger partial charge in [0, 0.05) is 19.5 Å². The van der Waals surface area contributed by atoms with Crippen LogP contribution in [0.1, 0.15) is 33.1 Å². The molecule has 0 aliphatic carbocycles. The zero-order valence-electron chi connectivity index (χ0n) is 15.1. The van der Waals surface area contributed by atoms with Gasteiger partial charge in [0.05, 0.1) is 12.5 Å². The van der Waals surface area contributed by atoms with Crippen LogP contribution in [0.4, 0.5) is 17.6 Å². The van der Waals surface area contributed by atoms with E-state index < -0.39 is 52.2 Å². The standard InChI is InChI=1S/C14H22F4N2O7S/c1-3-9(2)11(22)27-8-4-5-10(21)19-6-7-20-12(23)13(15,16)14(17,18)28(24,25)26/h9H,3-8H2,1-2H3,(H,19,21)(H,20,23)(H,24,25,26). The lowest BCUT2D eigenvalue weighted by Crippen LogP contribution is -2.56. The number of esters is 1. The van der Waals surface area contributed by atoms with E-state index in [0.717, 1.165) is 0 Å². The predicted molar refractivity (Wildman–Crippen MR) is 87.1 cm³/mol. The van der Waals surface area contributed by atoms with Crippen LogP contribution in [0.15, 0.2) is 0 Å². The van der Waals surface area contributed by atoms with E-state index in [0.29, 0.717) is 6.42 Å². The van der Waals surface area contributed by atoms with Gasteiger partial charge in [0.15, 0.2) is 0 Å². The number of rotatable bonds is 12. The van der Waals surface area contributed by atoms with Crippen molar-refractivity contribution in [2.24, 2.45) is 5.92 Å². The number of ether oxygens (including phenoxy) is 1. The highest BCUT2D eigenvalue weighted by Crippen LogP contribution is 2.38. The predicted octanol–water partition coefficient (Wildman–Crippen LogP) is 0.704. The van der Waals surface area contributed by atoms with Crippen molar-refractivity contribution in [1.29, 1.82) is 0 Å². The van der Waals surface area contributed by atoms with Crippen LogP contribution >= 0.6 is 0 Å². The quantitative estimate of drug-likeness (QED) is 0.176. The zero-order chi connectivity index (χ0) is 22.2. The summed E-state index contributed by atoms with van der Waals surface area (Å²) in [4.78, 5) is 33.9. The van der Waals surface area contributed by atoms with Crippen LogP contribution in [0.25, 0.3) is 0 Å². The lowest BCUT2D eigenvalue weighted by molar-refractivity contribution is -0.182. The molecule has 2 amide bonds. The van der Waals surface area contributed by atoms with Crippen LogP contribution in [0.5, 0.6) is 0 Å². The topological polar surface area (TPSA) is 139 Å². The molecule has 1 unspecified atom stereocenters. The minimum Gasteiger partial charge on any atom is -0.465 e. The average molecular weight is 438 g/mol. The molecule has 28 heavy (non-hydrogen) atoms. The Hall–Kier alpha value is -1.96. The fourth-order valence-electron chi connectivity index (χ4n) is 1.59. The second-order valence-electron chi connectivity index (χ2n) is 5.75. The molecule has 1 atom stereocenters. The summed E-state index contributed by atoms with van der Waals surface area (Å²) in [6.45, 7) is 2.36. The van der Waals surface area contributed by atoms with Crippen LogP contribution in [0, 0.1) is 5.92 Å². The van der Waals surface area contributed by atoms with E-state index in [4.69, 9.17) is 9.29 Å². The molecule has 164 valence electrons. The number of carbonyl (C=O) groups is 3. The van der Waals surface area contributed by atoms with Gasteiger partial charge in [-0.2, -0.15) is 26.0 Å². The van der Waals surface area contributed by atoms with Crippen molar-refractivity contribution in [1.82, 2.24) is 10.6 Å². The van der Waals surface area contributed by atoms with Gasteiger partial charge in [-0.05, 0) is 12.8 Å². The summed E-state index contributed by atoms with van der Waals surface area (Å²) in [5.74, 6) is -9.62. The fraction of sp³-hybridized carbons (Fsp3) is 0.786. The van der Waals surface area contributed by atoms with E-state index in [1.165, 1.54) is 5.32 Å². The van der Waals surface area contributed by atoms with Crippen molar-refractivity contribution < 1.29 is 49.7 Å². The zero-order valence-corrected chi connectivity index (χ0v) is 16.0. The minimum absolute atomic E-state index is 0.00965. The van der Waals surface area contributed by atoms with E-state index in [-0.39, 0.29) is 25.4 Å². The molecule has 0 bridgehead atoms. The summed E-state index contributed by atoms with van der Waals surface area (Å²) in [7, 11) is -6.53. The molecule has 0 saturated carbocycles. The van der Waals surface area contributed by atoms with Gasteiger partial charge in [-0.25, -0.2) is 0 Å². The lowest BCUT2D eigenvalue weighted by Gasteiger charge is -2.22. The molecule has 0 rings (SSSR count). The van der Waals surface area contributed by atoms with Crippen LogP contribution in [0.2, 0.25) is 0 Å². The lowest BCUT2D eigenvalue weighted by atomic mass is 10.1. The van der Waals surface area contributed by atoms with Crippen molar-refractivity contribution in [2.75, 3.05) is 19.7 Å². The summed E-state index contributed by atoms with van der Waals surface area (Å²) < 4.78 is 85.9. The van der Waals surface area contributed by atoms with Gasteiger partial charge in [-0.1, -0.05) is 13.8 Å². The Kier molecular flexibility index (Phi) is 9.81. The van der Waals surface area contributed by atoms with Gasteiger partial charge in [0.2, 0.25) is 5.91 Å². The molecule has 0 aromatic rings. The highest BCUT2D eigenvalue weighted by atomic mass is 32.2. The SMILES string of the molecule is CCC(C)C(=O)OCCCC(=O)NCCNC(=O)C(F)(F)C(F)(F)S(=O)(=O)O. The first kappa shape index (κ1) is 26.0. The molecule has 0 aliphatic heterocycles. The fourth-order valence-corrected chi connectivity index (χ4v) is 2.00. The van der Waals surface area contributed by atoms with Crippen molar-refractivity contribution in [2.45, 2.75) is 44.3 Å². The summed E-state index contributed by atoms with van der Waals surface area (Å²) in [5.41, 5.74) is 0. The van der Waals surface area contributed by atoms with Gasteiger partial charge in [-0.3, -0.25) is 18.9 Å². The number of hydrogen-bond donors (Lipinski definition) is 3. The largest absolute Gasteiger partial charge is 0.465 e. The molecule has 0 aromatic carbocycles. The van der Waals surface area contributed by atoms with E-state index in [1.807, 2.05) is 0 Å². The van der Waals surface area contributed by atoms with E-state index in [2.05, 4.69) is 5.32 Å². The molecule has 0 saturated heterocycles. The van der Waals surface area contributed by atoms with Crippen LogP contribution < -0.4 is 10.6 Å².